The number of benzene rings is 9. The molecule has 1 aromatic heterocycles. The van der Waals surface area contributed by atoms with Gasteiger partial charge in [-0.15, -0.1) is 0 Å². The molecule has 59 heavy (non-hydrogen) atoms. The summed E-state index contributed by atoms with van der Waals surface area (Å²) >= 11 is 0. The highest BCUT2D eigenvalue weighted by Gasteiger charge is 2.36. The lowest BCUT2D eigenvalue weighted by Gasteiger charge is -2.22. The topological polar surface area (TPSA) is 25.8 Å². The maximum absolute atomic E-state index is 5.30. The smallest absolute Gasteiger partial charge is 0.160 e. The highest BCUT2D eigenvalue weighted by Crippen LogP contribution is 2.51. The zero-order chi connectivity index (χ0) is 39.5. The summed E-state index contributed by atoms with van der Waals surface area (Å²) in [5, 5.41) is 4.93. The molecule has 1 heterocycles. The first kappa shape index (κ1) is 34.8. The molecule has 2 heteroatoms. The first-order valence-electron chi connectivity index (χ1n) is 20.4. The Morgan fingerprint density at radius 2 is 0.814 bits per heavy atom. The lowest BCUT2D eigenvalue weighted by atomic mass is 9.81. The van der Waals surface area contributed by atoms with Crippen molar-refractivity contribution in [2.75, 3.05) is 0 Å². The van der Waals surface area contributed by atoms with Crippen molar-refractivity contribution >= 4 is 21.5 Å². The lowest BCUT2D eigenvalue weighted by Crippen LogP contribution is -2.15. The molecule has 0 aliphatic heterocycles. The van der Waals surface area contributed by atoms with E-state index in [2.05, 4.69) is 214 Å². The molecule has 0 fully saturated rings. The highest BCUT2D eigenvalue weighted by atomic mass is 14.9. The van der Waals surface area contributed by atoms with Crippen LogP contribution in [0.4, 0.5) is 0 Å². The number of hydrogen-bond donors (Lipinski definition) is 0. The molecule has 11 rings (SSSR count). The summed E-state index contributed by atoms with van der Waals surface area (Å²) < 4.78 is 0. The third-order valence-corrected chi connectivity index (χ3v) is 12.3. The van der Waals surface area contributed by atoms with Gasteiger partial charge in [0.1, 0.15) is 0 Å². The third-order valence-electron chi connectivity index (χ3n) is 12.3. The predicted molar refractivity (Wildman–Crippen MR) is 247 cm³/mol. The number of nitrogens with zero attached hydrogens (tertiary/aromatic N) is 2. The van der Waals surface area contributed by atoms with Gasteiger partial charge in [0.15, 0.2) is 5.82 Å². The van der Waals surface area contributed by atoms with Crippen molar-refractivity contribution in [3.05, 3.63) is 217 Å². The molecule has 0 N–H and O–H groups in total. The summed E-state index contributed by atoms with van der Waals surface area (Å²) in [7, 11) is 0. The normalized spacial score (nSPS) is 12.7. The molecule has 0 saturated heterocycles. The number of fused-ring (bicyclic) bond motifs is 5. The minimum Gasteiger partial charge on any atom is -0.228 e. The van der Waals surface area contributed by atoms with Crippen molar-refractivity contribution in [1.29, 1.82) is 0 Å². The molecule has 0 spiro atoms. The fourth-order valence-corrected chi connectivity index (χ4v) is 9.24. The average molecular weight is 753 g/mol. The van der Waals surface area contributed by atoms with Crippen LogP contribution >= 0.6 is 0 Å². The average Bonchev–Trinajstić information content (AvgIpc) is 3.52. The van der Waals surface area contributed by atoms with E-state index in [9.17, 15) is 0 Å². The number of aromatic nitrogens is 2. The van der Waals surface area contributed by atoms with Crippen LogP contribution < -0.4 is 0 Å². The first-order chi connectivity index (χ1) is 29.0. The van der Waals surface area contributed by atoms with Crippen molar-refractivity contribution in [3.63, 3.8) is 0 Å². The van der Waals surface area contributed by atoms with Gasteiger partial charge in [0, 0.05) is 22.1 Å². The first-order valence-corrected chi connectivity index (χ1v) is 20.4. The van der Waals surface area contributed by atoms with E-state index in [1.807, 2.05) is 6.07 Å². The minimum absolute atomic E-state index is 0.120. The van der Waals surface area contributed by atoms with Crippen LogP contribution in [0.25, 0.3) is 100.0 Å². The van der Waals surface area contributed by atoms with Gasteiger partial charge >= 0.3 is 0 Å². The monoisotopic (exact) mass is 752 g/mol. The molecular formula is C57H40N2. The van der Waals surface area contributed by atoms with Crippen LogP contribution in [0.15, 0.2) is 206 Å². The van der Waals surface area contributed by atoms with Gasteiger partial charge in [-0.05, 0) is 108 Å². The summed E-state index contributed by atoms with van der Waals surface area (Å²) in [4.78, 5) is 10.6. The van der Waals surface area contributed by atoms with Crippen LogP contribution in [0.3, 0.4) is 0 Å². The Morgan fingerprint density at radius 3 is 1.53 bits per heavy atom. The van der Waals surface area contributed by atoms with E-state index in [4.69, 9.17) is 9.97 Å². The standard InChI is InChI=1S/C57H40N2/c1-57(2)52-35-42(26-29-48(52)51-32-40-22-12-13-23-41(40)34-53(51)57)45-30-31-49(47-25-15-14-24-46(45)47)55-36-54(58-56(59-55)39-20-10-5-11-21-39)43-27-28-44(37-16-6-3-7-17-37)50(33-43)38-18-8-4-9-19-38/h3-36H,1-2H3. The van der Waals surface area contributed by atoms with Crippen molar-refractivity contribution in [2.45, 2.75) is 19.3 Å². The van der Waals surface area contributed by atoms with Crippen LogP contribution in [0, 0.1) is 0 Å². The SMILES string of the molecule is CC1(C)c2cc(-c3ccc(-c4cc(-c5ccc(-c6ccccc6)c(-c6ccccc6)c5)nc(-c5ccccc5)n4)c4ccccc34)ccc2-c2cc3ccccc3cc21. The van der Waals surface area contributed by atoms with Gasteiger partial charge in [0.05, 0.1) is 11.4 Å². The second-order valence-electron chi connectivity index (χ2n) is 16.2. The van der Waals surface area contributed by atoms with Gasteiger partial charge in [-0.1, -0.05) is 190 Å². The zero-order valence-electron chi connectivity index (χ0n) is 33.0. The molecule has 0 atom stereocenters. The Hall–Kier alpha value is -7.42. The number of hydrogen-bond acceptors (Lipinski definition) is 2. The molecule has 9 aromatic carbocycles. The van der Waals surface area contributed by atoms with Crippen molar-refractivity contribution in [3.8, 4) is 78.4 Å². The Bertz CT molecular complexity index is 3220. The molecule has 10 aromatic rings. The van der Waals surface area contributed by atoms with Gasteiger partial charge in [-0.3, -0.25) is 0 Å². The third kappa shape index (κ3) is 5.96. The van der Waals surface area contributed by atoms with E-state index in [0.29, 0.717) is 5.82 Å². The van der Waals surface area contributed by atoms with Crippen molar-refractivity contribution in [2.24, 2.45) is 0 Å². The summed E-state index contributed by atoms with van der Waals surface area (Å²) in [6.45, 7) is 4.74. The van der Waals surface area contributed by atoms with Crippen molar-refractivity contribution in [1.82, 2.24) is 9.97 Å². The van der Waals surface area contributed by atoms with Gasteiger partial charge in [0.2, 0.25) is 0 Å². The highest BCUT2D eigenvalue weighted by molar-refractivity contribution is 6.05. The van der Waals surface area contributed by atoms with Crippen LogP contribution in [-0.4, -0.2) is 9.97 Å². The van der Waals surface area contributed by atoms with E-state index in [1.165, 1.54) is 71.8 Å². The maximum Gasteiger partial charge on any atom is 0.160 e. The van der Waals surface area contributed by atoms with E-state index >= 15 is 0 Å². The van der Waals surface area contributed by atoms with Gasteiger partial charge < -0.3 is 0 Å². The Kier molecular flexibility index (Phi) is 8.20. The second kappa shape index (κ2) is 13.9. The van der Waals surface area contributed by atoms with Gasteiger partial charge in [-0.25, -0.2) is 9.97 Å². The molecule has 1 aliphatic carbocycles. The molecule has 0 radical (unpaired) electrons. The Balaban J connectivity index is 1.06. The minimum atomic E-state index is -0.120. The zero-order valence-corrected chi connectivity index (χ0v) is 33.0. The van der Waals surface area contributed by atoms with E-state index in [1.54, 1.807) is 0 Å². The van der Waals surface area contributed by atoms with Crippen LogP contribution in [-0.2, 0) is 5.41 Å². The summed E-state index contributed by atoms with van der Waals surface area (Å²) in [5.74, 6) is 0.702. The van der Waals surface area contributed by atoms with E-state index in [0.717, 1.165) is 33.5 Å². The maximum atomic E-state index is 5.30. The van der Waals surface area contributed by atoms with Crippen molar-refractivity contribution < 1.29 is 0 Å². The molecule has 0 bridgehead atoms. The molecule has 2 nitrogen and oxygen atoms in total. The van der Waals surface area contributed by atoms with Crippen LogP contribution in [0.5, 0.6) is 0 Å². The number of rotatable bonds is 6. The van der Waals surface area contributed by atoms with Crippen LogP contribution in [0.1, 0.15) is 25.0 Å². The summed E-state index contributed by atoms with van der Waals surface area (Å²) in [6, 6.07) is 74.3. The Labute approximate surface area is 345 Å². The molecular weight excluding hydrogens is 713 g/mol. The van der Waals surface area contributed by atoms with Crippen LogP contribution in [0.2, 0.25) is 0 Å². The summed E-state index contributed by atoms with van der Waals surface area (Å²) in [6.07, 6.45) is 0. The fourth-order valence-electron chi connectivity index (χ4n) is 9.24. The quantitative estimate of drug-likeness (QED) is 0.169. The molecule has 0 unspecified atom stereocenters. The van der Waals surface area contributed by atoms with E-state index < -0.39 is 0 Å². The van der Waals surface area contributed by atoms with Gasteiger partial charge in [0.25, 0.3) is 0 Å². The molecule has 0 saturated carbocycles. The lowest BCUT2D eigenvalue weighted by molar-refractivity contribution is 0.661. The second-order valence-corrected chi connectivity index (χ2v) is 16.2. The van der Waals surface area contributed by atoms with Gasteiger partial charge in [-0.2, -0.15) is 0 Å². The van der Waals surface area contributed by atoms with E-state index in [-0.39, 0.29) is 5.41 Å². The predicted octanol–water partition coefficient (Wildman–Crippen LogP) is 15.1. The molecule has 278 valence electrons. The largest absolute Gasteiger partial charge is 0.228 e. The fraction of sp³-hybridized carbons (Fsp3) is 0.0526. The molecule has 1 aliphatic rings. The molecule has 0 amide bonds. The Morgan fingerprint density at radius 1 is 0.305 bits per heavy atom. The summed E-state index contributed by atoms with van der Waals surface area (Å²) in [5.41, 5.74) is 17.3.